The van der Waals surface area contributed by atoms with Gasteiger partial charge in [0.25, 0.3) is 0 Å². The summed E-state index contributed by atoms with van der Waals surface area (Å²) in [6.45, 7) is 13.5. The Labute approximate surface area is 184 Å². The van der Waals surface area contributed by atoms with E-state index in [9.17, 15) is 4.79 Å². The first-order valence-electron chi connectivity index (χ1n) is 10.8. The van der Waals surface area contributed by atoms with Crippen LogP contribution in [-0.2, 0) is 0 Å². The average molecular weight is 425 g/mol. The van der Waals surface area contributed by atoms with Crippen LogP contribution in [0.5, 0.6) is 17.2 Å². The summed E-state index contributed by atoms with van der Waals surface area (Å²) >= 11 is 0. The standard InChI is InChI=1S/C25H32N2O4/c1-15-16(2)23-21(24(28)25(4,5)31-23)17(3)22(15)27-12-10-26(11-13-27)18-8-9-19(29-6)20(14-18)30-7/h8-9,14H,10-13H2,1-7H3. The van der Waals surface area contributed by atoms with Crippen molar-refractivity contribution in [1.82, 2.24) is 0 Å². The minimum atomic E-state index is -0.797. The van der Waals surface area contributed by atoms with E-state index in [1.165, 1.54) is 11.3 Å². The molecule has 0 aliphatic carbocycles. The number of Topliss-reactive ketones (excluding diaryl/α,β-unsaturated/α-hetero) is 1. The average Bonchev–Trinajstić information content (AvgIpc) is 3.01. The molecular weight excluding hydrogens is 392 g/mol. The summed E-state index contributed by atoms with van der Waals surface area (Å²) in [5.74, 6) is 2.31. The monoisotopic (exact) mass is 424 g/mol. The Morgan fingerprint density at radius 2 is 1.48 bits per heavy atom. The van der Waals surface area contributed by atoms with E-state index >= 15 is 0 Å². The third kappa shape index (κ3) is 3.38. The molecule has 0 spiro atoms. The summed E-state index contributed by atoms with van der Waals surface area (Å²) in [7, 11) is 3.31. The maximum Gasteiger partial charge on any atom is 0.209 e. The van der Waals surface area contributed by atoms with E-state index in [2.05, 4.69) is 36.6 Å². The van der Waals surface area contributed by atoms with Gasteiger partial charge in [0, 0.05) is 43.6 Å². The fourth-order valence-corrected chi connectivity index (χ4v) is 4.79. The van der Waals surface area contributed by atoms with Gasteiger partial charge in [-0.1, -0.05) is 0 Å². The zero-order valence-corrected chi connectivity index (χ0v) is 19.6. The molecule has 0 aromatic heterocycles. The van der Waals surface area contributed by atoms with E-state index in [4.69, 9.17) is 14.2 Å². The predicted octanol–water partition coefficient (Wildman–Crippen LogP) is 4.31. The number of ether oxygens (including phenoxy) is 3. The van der Waals surface area contributed by atoms with Crippen molar-refractivity contribution in [2.45, 2.75) is 40.2 Å². The van der Waals surface area contributed by atoms with E-state index in [0.29, 0.717) is 0 Å². The highest BCUT2D eigenvalue weighted by molar-refractivity contribution is 6.10. The fourth-order valence-electron chi connectivity index (χ4n) is 4.79. The molecule has 6 heteroatoms. The first-order chi connectivity index (χ1) is 14.7. The van der Waals surface area contributed by atoms with Crippen molar-refractivity contribution in [2.24, 2.45) is 0 Å². The molecule has 0 bridgehead atoms. The first kappa shape index (κ1) is 21.3. The number of carbonyl (C=O) groups excluding carboxylic acids is 1. The van der Waals surface area contributed by atoms with Crippen LogP contribution < -0.4 is 24.0 Å². The molecule has 2 aromatic rings. The molecule has 0 radical (unpaired) electrons. The van der Waals surface area contributed by atoms with Gasteiger partial charge in [0.1, 0.15) is 5.75 Å². The maximum absolute atomic E-state index is 13.0. The van der Waals surface area contributed by atoms with Gasteiger partial charge in [-0.25, -0.2) is 0 Å². The number of fused-ring (bicyclic) bond motifs is 1. The van der Waals surface area contributed by atoms with Crippen molar-refractivity contribution in [2.75, 3.05) is 50.2 Å². The largest absolute Gasteiger partial charge is 0.493 e. The number of anilines is 2. The van der Waals surface area contributed by atoms with Gasteiger partial charge in [0.05, 0.1) is 19.8 Å². The van der Waals surface area contributed by atoms with Gasteiger partial charge in [0.15, 0.2) is 17.1 Å². The van der Waals surface area contributed by atoms with Gasteiger partial charge in [0.2, 0.25) is 5.78 Å². The van der Waals surface area contributed by atoms with Crippen molar-refractivity contribution in [3.63, 3.8) is 0 Å². The van der Waals surface area contributed by atoms with Gasteiger partial charge in [-0.2, -0.15) is 0 Å². The lowest BCUT2D eigenvalue weighted by atomic mass is 9.90. The second kappa shape index (κ2) is 7.66. The molecule has 1 saturated heterocycles. The lowest BCUT2D eigenvalue weighted by Gasteiger charge is -2.39. The molecule has 1 fully saturated rings. The van der Waals surface area contributed by atoms with Crippen molar-refractivity contribution in [1.29, 1.82) is 0 Å². The fraction of sp³-hybridized carbons (Fsp3) is 0.480. The Balaban J connectivity index is 1.60. The summed E-state index contributed by atoms with van der Waals surface area (Å²) in [4.78, 5) is 17.8. The highest BCUT2D eigenvalue weighted by Crippen LogP contribution is 2.45. The zero-order chi connectivity index (χ0) is 22.5. The van der Waals surface area contributed by atoms with Crippen LogP contribution >= 0.6 is 0 Å². The van der Waals surface area contributed by atoms with E-state index in [1.807, 2.05) is 26.0 Å². The number of ketones is 1. The smallest absolute Gasteiger partial charge is 0.209 e. The van der Waals surface area contributed by atoms with Crippen LogP contribution in [0.3, 0.4) is 0 Å². The van der Waals surface area contributed by atoms with Crippen LogP contribution in [0.2, 0.25) is 0 Å². The number of rotatable bonds is 4. The van der Waals surface area contributed by atoms with Gasteiger partial charge >= 0.3 is 0 Å². The molecule has 0 atom stereocenters. The van der Waals surface area contributed by atoms with E-state index in [1.54, 1.807) is 14.2 Å². The van der Waals surface area contributed by atoms with Crippen LogP contribution in [0.25, 0.3) is 0 Å². The molecule has 6 nitrogen and oxygen atoms in total. The van der Waals surface area contributed by atoms with Crippen LogP contribution in [0, 0.1) is 20.8 Å². The number of benzene rings is 2. The van der Waals surface area contributed by atoms with Gasteiger partial charge < -0.3 is 24.0 Å². The molecule has 31 heavy (non-hydrogen) atoms. The second-order valence-corrected chi connectivity index (χ2v) is 8.88. The molecule has 0 amide bonds. The molecule has 2 heterocycles. The van der Waals surface area contributed by atoms with Crippen LogP contribution in [-0.4, -0.2) is 51.8 Å². The molecule has 0 N–H and O–H groups in total. The van der Waals surface area contributed by atoms with Crippen molar-refractivity contribution < 1.29 is 19.0 Å². The Morgan fingerprint density at radius 3 is 2.10 bits per heavy atom. The van der Waals surface area contributed by atoms with Gasteiger partial charge in [-0.3, -0.25) is 4.79 Å². The number of piperazine rings is 1. The van der Waals surface area contributed by atoms with Crippen molar-refractivity contribution >= 4 is 17.2 Å². The van der Waals surface area contributed by atoms with Crippen LogP contribution in [0.1, 0.15) is 40.9 Å². The third-order valence-electron chi connectivity index (χ3n) is 6.67. The highest BCUT2D eigenvalue weighted by Gasteiger charge is 2.43. The maximum atomic E-state index is 13.0. The lowest BCUT2D eigenvalue weighted by molar-refractivity contribution is 0.0683. The SMILES string of the molecule is COc1ccc(N2CCN(c3c(C)c(C)c4c(c3C)C(=O)C(C)(C)O4)CC2)cc1OC. The predicted molar refractivity (Wildman–Crippen MR) is 124 cm³/mol. The molecule has 2 aliphatic rings. The van der Waals surface area contributed by atoms with Crippen LogP contribution in [0.4, 0.5) is 11.4 Å². The molecule has 4 rings (SSSR count). The summed E-state index contributed by atoms with van der Waals surface area (Å²) in [5.41, 5.74) is 5.56. The number of hydrogen-bond donors (Lipinski definition) is 0. The molecule has 2 aromatic carbocycles. The topological polar surface area (TPSA) is 51.2 Å². The highest BCUT2D eigenvalue weighted by atomic mass is 16.5. The quantitative estimate of drug-likeness (QED) is 0.729. The number of nitrogens with zero attached hydrogens (tertiary/aromatic N) is 2. The summed E-state index contributed by atoms with van der Waals surface area (Å²) in [5, 5.41) is 0. The van der Waals surface area contributed by atoms with Crippen molar-refractivity contribution in [3.05, 3.63) is 40.5 Å². The summed E-state index contributed by atoms with van der Waals surface area (Å²) in [6, 6.07) is 6.06. The second-order valence-electron chi connectivity index (χ2n) is 8.88. The minimum absolute atomic E-state index is 0.0771. The van der Waals surface area contributed by atoms with E-state index < -0.39 is 5.60 Å². The molecule has 0 unspecified atom stereocenters. The van der Waals surface area contributed by atoms with E-state index in [0.717, 1.165) is 65.8 Å². The number of methoxy groups -OCH3 is 2. The Morgan fingerprint density at radius 1 is 0.871 bits per heavy atom. The Hall–Kier alpha value is -2.89. The first-order valence-corrected chi connectivity index (χ1v) is 10.8. The van der Waals surface area contributed by atoms with E-state index in [-0.39, 0.29) is 5.78 Å². The van der Waals surface area contributed by atoms with Gasteiger partial charge in [-0.05, 0) is 63.4 Å². The normalized spacial score (nSPS) is 17.5. The summed E-state index contributed by atoms with van der Waals surface area (Å²) < 4.78 is 16.9. The molecule has 0 saturated carbocycles. The Bertz CT molecular complexity index is 1040. The zero-order valence-electron chi connectivity index (χ0n) is 19.6. The summed E-state index contributed by atoms with van der Waals surface area (Å²) in [6.07, 6.45) is 0. The molecule has 166 valence electrons. The Kier molecular flexibility index (Phi) is 5.28. The van der Waals surface area contributed by atoms with Crippen LogP contribution in [0.15, 0.2) is 18.2 Å². The van der Waals surface area contributed by atoms with Gasteiger partial charge in [-0.15, -0.1) is 0 Å². The molecule has 2 aliphatic heterocycles. The third-order valence-corrected chi connectivity index (χ3v) is 6.67. The van der Waals surface area contributed by atoms with Crippen molar-refractivity contribution in [3.8, 4) is 17.2 Å². The number of hydrogen-bond acceptors (Lipinski definition) is 6. The number of carbonyl (C=O) groups is 1. The molecular formula is C25H32N2O4. The lowest BCUT2D eigenvalue weighted by Crippen LogP contribution is -2.47. The minimum Gasteiger partial charge on any atom is -0.493 e.